The lowest BCUT2D eigenvalue weighted by atomic mass is 10.0. The number of carbonyl (C=O) groups is 5. The molecule has 1 saturated heterocycles. The zero-order valence-corrected chi connectivity index (χ0v) is 21.5. The number of benzene rings is 1. The molecule has 0 bridgehead atoms. The Kier molecular flexibility index (Phi) is 9.83. The van der Waals surface area contributed by atoms with Crippen LogP contribution in [0.3, 0.4) is 0 Å². The first-order valence-corrected chi connectivity index (χ1v) is 11.9. The predicted octanol–water partition coefficient (Wildman–Crippen LogP) is 1.33. The SMILES string of the molecule is CCOC(=O)[C@@H]1[C@@H](C(=O)OCC)N1C(=O)[C@H](C)NC(=O)[C@@H](Cc1ccccc1)NC(=O)OC(C)(C)C. The zero-order valence-electron chi connectivity index (χ0n) is 21.5. The van der Waals surface area contributed by atoms with E-state index in [2.05, 4.69) is 10.6 Å². The molecule has 1 fully saturated rings. The first-order valence-electron chi connectivity index (χ1n) is 11.9. The maximum absolute atomic E-state index is 13.1. The molecule has 36 heavy (non-hydrogen) atoms. The Balaban J connectivity index is 2.14. The maximum atomic E-state index is 13.1. The van der Waals surface area contributed by atoms with Crippen molar-refractivity contribution in [1.82, 2.24) is 15.5 Å². The minimum atomic E-state index is -1.11. The lowest BCUT2D eigenvalue weighted by Crippen LogP contribution is -2.53. The van der Waals surface area contributed by atoms with Crippen molar-refractivity contribution in [2.24, 2.45) is 0 Å². The molecule has 4 atom stereocenters. The molecular formula is C25H35N3O8. The molecule has 2 rings (SSSR count). The summed E-state index contributed by atoms with van der Waals surface area (Å²) < 4.78 is 15.2. The molecule has 0 aliphatic carbocycles. The number of alkyl carbamates (subject to hydrolysis) is 1. The highest BCUT2D eigenvalue weighted by Crippen LogP contribution is 2.31. The number of rotatable bonds is 10. The summed E-state index contributed by atoms with van der Waals surface area (Å²) in [6.45, 7) is 9.90. The van der Waals surface area contributed by atoms with Gasteiger partial charge in [0.15, 0.2) is 12.1 Å². The normalized spacial score (nSPS) is 18.3. The highest BCUT2D eigenvalue weighted by molar-refractivity contribution is 6.03. The molecule has 2 N–H and O–H groups in total. The largest absolute Gasteiger partial charge is 0.464 e. The van der Waals surface area contributed by atoms with Gasteiger partial charge in [-0.25, -0.2) is 14.4 Å². The summed E-state index contributed by atoms with van der Waals surface area (Å²) in [5.74, 6) is -2.74. The van der Waals surface area contributed by atoms with Crippen LogP contribution in [0.1, 0.15) is 47.1 Å². The van der Waals surface area contributed by atoms with Gasteiger partial charge in [0.05, 0.1) is 13.2 Å². The summed E-state index contributed by atoms with van der Waals surface area (Å²) >= 11 is 0. The van der Waals surface area contributed by atoms with E-state index in [1.165, 1.54) is 6.92 Å². The number of nitrogens with one attached hydrogen (secondary N) is 2. The van der Waals surface area contributed by atoms with E-state index in [1.54, 1.807) is 58.9 Å². The van der Waals surface area contributed by atoms with Gasteiger partial charge in [-0.1, -0.05) is 30.3 Å². The predicted molar refractivity (Wildman–Crippen MR) is 129 cm³/mol. The van der Waals surface area contributed by atoms with Crippen LogP contribution in [0, 0.1) is 0 Å². The monoisotopic (exact) mass is 505 g/mol. The Labute approximate surface area is 210 Å². The maximum Gasteiger partial charge on any atom is 0.408 e. The molecular weight excluding hydrogens is 470 g/mol. The number of hydrogen-bond acceptors (Lipinski definition) is 8. The Morgan fingerprint density at radius 3 is 1.92 bits per heavy atom. The average molecular weight is 506 g/mol. The summed E-state index contributed by atoms with van der Waals surface area (Å²) in [6.07, 6.45) is -0.638. The Morgan fingerprint density at radius 1 is 0.917 bits per heavy atom. The van der Waals surface area contributed by atoms with Crippen LogP contribution in [-0.4, -0.2) is 77.7 Å². The van der Waals surface area contributed by atoms with Crippen molar-refractivity contribution in [1.29, 1.82) is 0 Å². The summed E-state index contributed by atoms with van der Waals surface area (Å²) in [6, 6.07) is 4.65. The fourth-order valence-corrected chi connectivity index (χ4v) is 3.55. The number of hydrogen-bond donors (Lipinski definition) is 2. The van der Waals surface area contributed by atoms with E-state index in [0.29, 0.717) is 0 Å². The van der Waals surface area contributed by atoms with Gasteiger partial charge in [-0.3, -0.25) is 9.59 Å². The zero-order chi connectivity index (χ0) is 27.0. The summed E-state index contributed by atoms with van der Waals surface area (Å²) in [7, 11) is 0. The first-order chi connectivity index (χ1) is 16.9. The van der Waals surface area contributed by atoms with E-state index in [1.807, 2.05) is 6.07 Å². The fraction of sp³-hybridized carbons (Fsp3) is 0.560. The van der Waals surface area contributed by atoms with E-state index in [9.17, 15) is 24.0 Å². The highest BCUT2D eigenvalue weighted by atomic mass is 16.6. The van der Waals surface area contributed by atoms with Gasteiger partial charge in [0.2, 0.25) is 11.8 Å². The quantitative estimate of drug-likeness (QED) is 0.276. The molecule has 0 spiro atoms. The average Bonchev–Trinajstić information content (AvgIpc) is 3.54. The van der Waals surface area contributed by atoms with Crippen molar-refractivity contribution in [2.75, 3.05) is 13.2 Å². The van der Waals surface area contributed by atoms with E-state index < -0.39 is 59.6 Å². The molecule has 3 amide bonds. The van der Waals surface area contributed by atoms with Crippen LogP contribution in [0.2, 0.25) is 0 Å². The molecule has 0 unspecified atom stereocenters. The van der Waals surface area contributed by atoms with Gasteiger partial charge in [0, 0.05) is 6.42 Å². The van der Waals surface area contributed by atoms with Gasteiger partial charge in [0.25, 0.3) is 0 Å². The number of carbonyl (C=O) groups excluding carboxylic acids is 5. The van der Waals surface area contributed by atoms with Gasteiger partial charge in [0.1, 0.15) is 17.7 Å². The van der Waals surface area contributed by atoms with Gasteiger partial charge in [-0.15, -0.1) is 0 Å². The molecule has 1 heterocycles. The number of amides is 3. The Morgan fingerprint density at radius 2 is 1.44 bits per heavy atom. The first kappa shape index (κ1) is 28.6. The van der Waals surface area contributed by atoms with E-state index >= 15 is 0 Å². The summed E-state index contributed by atoms with van der Waals surface area (Å²) in [4.78, 5) is 64.1. The van der Waals surface area contributed by atoms with E-state index in [4.69, 9.17) is 14.2 Å². The van der Waals surface area contributed by atoms with Crippen LogP contribution >= 0.6 is 0 Å². The van der Waals surface area contributed by atoms with Crippen LogP contribution < -0.4 is 10.6 Å². The van der Waals surface area contributed by atoms with Crippen LogP contribution in [0.4, 0.5) is 4.79 Å². The molecule has 11 nitrogen and oxygen atoms in total. The second-order valence-electron chi connectivity index (χ2n) is 9.26. The molecule has 1 aromatic carbocycles. The number of nitrogens with zero attached hydrogens (tertiary/aromatic N) is 1. The van der Waals surface area contributed by atoms with Gasteiger partial charge in [-0.2, -0.15) is 0 Å². The number of ether oxygens (including phenoxy) is 3. The molecule has 1 aliphatic rings. The van der Waals surface area contributed by atoms with Crippen LogP contribution in [0.5, 0.6) is 0 Å². The van der Waals surface area contributed by atoms with Gasteiger partial charge >= 0.3 is 18.0 Å². The van der Waals surface area contributed by atoms with Crippen molar-refractivity contribution < 1.29 is 38.2 Å². The third kappa shape index (κ3) is 7.96. The minimum absolute atomic E-state index is 0.0801. The third-order valence-electron chi connectivity index (χ3n) is 5.14. The van der Waals surface area contributed by atoms with Crippen molar-refractivity contribution >= 4 is 29.8 Å². The van der Waals surface area contributed by atoms with Crippen LogP contribution in [0.25, 0.3) is 0 Å². The molecule has 1 aromatic rings. The molecule has 0 aromatic heterocycles. The fourth-order valence-electron chi connectivity index (χ4n) is 3.55. The molecule has 0 radical (unpaired) electrons. The van der Waals surface area contributed by atoms with Crippen molar-refractivity contribution in [3.05, 3.63) is 35.9 Å². The third-order valence-corrected chi connectivity index (χ3v) is 5.14. The van der Waals surface area contributed by atoms with Crippen LogP contribution in [-0.2, 0) is 39.8 Å². The summed E-state index contributed by atoms with van der Waals surface area (Å²) in [5, 5.41) is 5.12. The molecule has 198 valence electrons. The van der Waals surface area contributed by atoms with Gasteiger partial charge < -0.3 is 29.7 Å². The second kappa shape index (κ2) is 12.4. The van der Waals surface area contributed by atoms with Crippen LogP contribution in [0.15, 0.2) is 30.3 Å². The lowest BCUT2D eigenvalue weighted by Gasteiger charge is -2.24. The number of esters is 2. The summed E-state index contributed by atoms with van der Waals surface area (Å²) in [5.41, 5.74) is 0.00768. The lowest BCUT2D eigenvalue weighted by molar-refractivity contribution is -0.147. The highest BCUT2D eigenvalue weighted by Gasteiger charge is 2.62. The molecule has 0 saturated carbocycles. The second-order valence-corrected chi connectivity index (χ2v) is 9.26. The smallest absolute Gasteiger partial charge is 0.408 e. The van der Waals surface area contributed by atoms with E-state index in [0.717, 1.165) is 10.5 Å². The Bertz CT molecular complexity index is 936. The van der Waals surface area contributed by atoms with Gasteiger partial charge in [-0.05, 0) is 47.1 Å². The van der Waals surface area contributed by atoms with Crippen molar-refractivity contribution in [2.45, 2.75) is 77.7 Å². The molecule has 11 heteroatoms. The van der Waals surface area contributed by atoms with Crippen molar-refractivity contribution in [3.8, 4) is 0 Å². The topological polar surface area (TPSA) is 140 Å². The standard InChI is InChI=1S/C25H35N3O8/c1-7-34-22(31)18-19(23(32)35-8-2)28(18)21(30)15(3)26-20(29)17(14-16-12-10-9-11-13-16)27-24(33)36-25(4,5)6/h9-13,15,17-19H,7-8,14H2,1-6H3,(H,26,29)(H,27,33)/t15-,17+,18-,19-/m0/s1. The molecule has 1 aliphatic heterocycles. The minimum Gasteiger partial charge on any atom is -0.464 e. The van der Waals surface area contributed by atoms with E-state index in [-0.39, 0.29) is 19.6 Å². The Hall–Kier alpha value is -3.63. The van der Waals surface area contributed by atoms with Crippen molar-refractivity contribution in [3.63, 3.8) is 0 Å².